The Morgan fingerprint density at radius 1 is 1.53 bits per heavy atom. The number of rotatable bonds is 1. The fourth-order valence-electron chi connectivity index (χ4n) is 1.73. The van der Waals surface area contributed by atoms with Crippen LogP contribution in [0.15, 0.2) is 22.8 Å². The smallest absolute Gasteiger partial charge is 0.289 e. The highest BCUT2D eigenvalue weighted by molar-refractivity contribution is 5.91. The molecule has 4 nitrogen and oxygen atoms in total. The topological polar surface area (TPSA) is 42.7 Å². The summed E-state index contributed by atoms with van der Waals surface area (Å²) < 4.78 is 10.6. The van der Waals surface area contributed by atoms with Crippen molar-refractivity contribution in [3.8, 4) is 0 Å². The third-order valence-electron chi connectivity index (χ3n) is 2.60. The van der Waals surface area contributed by atoms with Crippen LogP contribution < -0.4 is 0 Å². The fraction of sp³-hybridized carbons (Fsp3) is 0.545. The number of hydrogen-bond acceptors (Lipinski definition) is 3. The number of nitrogens with zero attached hydrogens (tertiary/aromatic N) is 1. The van der Waals surface area contributed by atoms with Crippen molar-refractivity contribution < 1.29 is 13.9 Å². The van der Waals surface area contributed by atoms with Crippen molar-refractivity contribution in [2.45, 2.75) is 26.0 Å². The van der Waals surface area contributed by atoms with Crippen LogP contribution >= 0.6 is 0 Å². The van der Waals surface area contributed by atoms with E-state index in [0.29, 0.717) is 18.9 Å². The molecule has 82 valence electrons. The molecule has 0 radical (unpaired) electrons. The minimum atomic E-state index is -0.0531. The first kappa shape index (κ1) is 10.2. The summed E-state index contributed by atoms with van der Waals surface area (Å²) in [4.78, 5) is 13.8. The van der Waals surface area contributed by atoms with E-state index in [-0.39, 0.29) is 18.1 Å². The molecule has 1 saturated heterocycles. The Morgan fingerprint density at radius 3 is 3.00 bits per heavy atom. The molecule has 0 saturated carbocycles. The largest absolute Gasteiger partial charge is 0.459 e. The van der Waals surface area contributed by atoms with Crippen LogP contribution in [0.5, 0.6) is 0 Å². The molecular weight excluding hydrogens is 194 g/mol. The molecule has 2 rings (SSSR count). The van der Waals surface area contributed by atoms with Gasteiger partial charge in [0.15, 0.2) is 5.76 Å². The van der Waals surface area contributed by atoms with E-state index in [1.54, 1.807) is 17.0 Å². The van der Waals surface area contributed by atoms with Gasteiger partial charge in [-0.1, -0.05) is 0 Å². The molecule has 0 bridgehead atoms. The van der Waals surface area contributed by atoms with Crippen molar-refractivity contribution in [2.75, 3.05) is 13.2 Å². The molecule has 1 aromatic rings. The molecule has 4 heteroatoms. The van der Waals surface area contributed by atoms with E-state index >= 15 is 0 Å². The summed E-state index contributed by atoms with van der Waals surface area (Å²) in [6.07, 6.45) is 1.61. The summed E-state index contributed by atoms with van der Waals surface area (Å²) in [7, 11) is 0. The molecule has 1 fully saturated rings. The maximum Gasteiger partial charge on any atom is 0.289 e. The predicted molar refractivity (Wildman–Crippen MR) is 54.6 cm³/mol. The minimum absolute atomic E-state index is 0.0531. The maximum atomic E-state index is 12.0. The van der Waals surface area contributed by atoms with E-state index in [1.807, 2.05) is 13.8 Å². The Kier molecular flexibility index (Phi) is 2.77. The quantitative estimate of drug-likeness (QED) is 0.704. The SMILES string of the molecule is C[C@@H]1CO[C@@H](C)CN1C(=O)c1ccco1. The van der Waals surface area contributed by atoms with Crippen molar-refractivity contribution in [1.29, 1.82) is 0 Å². The number of carbonyl (C=O) groups excluding carboxylic acids is 1. The van der Waals surface area contributed by atoms with Gasteiger partial charge in [0.05, 0.1) is 25.0 Å². The van der Waals surface area contributed by atoms with Crippen molar-refractivity contribution in [2.24, 2.45) is 0 Å². The highest BCUT2D eigenvalue weighted by Crippen LogP contribution is 2.15. The zero-order valence-electron chi connectivity index (χ0n) is 8.97. The van der Waals surface area contributed by atoms with Gasteiger partial charge in [0, 0.05) is 6.54 Å². The average molecular weight is 209 g/mol. The normalized spacial score (nSPS) is 26.7. The van der Waals surface area contributed by atoms with Crippen LogP contribution in [0.3, 0.4) is 0 Å². The van der Waals surface area contributed by atoms with Crippen LogP contribution in [0.4, 0.5) is 0 Å². The summed E-state index contributed by atoms with van der Waals surface area (Å²) in [5.41, 5.74) is 0. The van der Waals surface area contributed by atoms with Gasteiger partial charge in [0.2, 0.25) is 0 Å². The number of carbonyl (C=O) groups is 1. The first-order chi connectivity index (χ1) is 7.18. The summed E-state index contributed by atoms with van der Waals surface area (Å²) in [6, 6.07) is 3.52. The van der Waals surface area contributed by atoms with E-state index < -0.39 is 0 Å². The second-order valence-electron chi connectivity index (χ2n) is 3.93. The number of furan rings is 1. The molecule has 0 aliphatic carbocycles. The number of hydrogen-bond donors (Lipinski definition) is 0. The summed E-state index contributed by atoms with van der Waals surface area (Å²) >= 11 is 0. The Hall–Kier alpha value is -1.29. The molecule has 0 spiro atoms. The van der Waals surface area contributed by atoms with Gasteiger partial charge in [-0.3, -0.25) is 4.79 Å². The molecule has 1 aromatic heterocycles. The zero-order valence-corrected chi connectivity index (χ0v) is 8.97. The molecular formula is C11H15NO3. The van der Waals surface area contributed by atoms with Gasteiger partial charge in [-0.15, -0.1) is 0 Å². The van der Waals surface area contributed by atoms with Crippen molar-refractivity contribution in [3.63, 3.8) is 0 Å². The standard InChI is InChI=1S/C11H15NO3/c1-8-7-15-9(2)6-12(8)11(13)10-4-3-5-14-10/h3-5,8-9H,6-7H2,1-2H3/t8-,9+/m1/s1. The molecule has 2 atom stereocenters. The fourth-order valence-corrected chi connectivity index (χ4v) is 1.73. The predicted octanol–water partition coefficient (Wildman–Crippen LogP) is 1.53. The zero-order chi connectivity index (χ0) is 10.8. The summed E-state index contributed by atoms with van der Waals surface area (Å²) in [5, 5.41) is 0. The van der Waals surface area contributed by atoms with Crippen LogP contribution in [0.2, 0.25) is 0 Å². The second kappa shape index (κ2) is 4.06. The van der Waals surface area contributed by atoms with E-state index in [4.69, 9.17) is 9.15 Å². The average Bonchev–Trinajstić information content (AvgIpc) is 2.74. The Balaban J connectivity index is 2.12. The van der Waals surface area contributed by atoms with Crippen LogP contribution in [0.1, 0.15) is 24.4 Å². The van der Waals surface area contributed by atoms with Crippen molar-refractivity contribution in [3.05, 3.63) is 24.2 Å². The summed E-state index contributed by atoms with van der Waals surface area (Å²) in [6.45, 7) is 5.16. The molecule has 0 N–H and O–H groups in total. The maximum absolute atomic E-state index is 12.0. The number of amides is 1. The Morgan fingerprint density at radius 2 is 2.33 bits per heavy atom. The number of morpholine rings is 1. The lowest BCUT2D eigenvalue weighted by molar-refractivity contribution is -0.0396. The molecule has 1 aliphatic rings. The summed E-state index contributed by atoms with van der Waals surface area (Å²) in [5.74, 6) is 0.346. The molecule has 0 aromatic carbocycles. The monoisotopic (exact) mass is 209 g/mol. The minimum Gasteiger partial charge on any atom is -0.459 e. The van der Waals surface area contributed by atoms with Crippen molar-refractivity contribution in [1.82, 2.24) is 4.90 Å². The lowest BCUT2D eigenvalue weighted by atomic mass is 10.2. The van der Waals surface area contributed by atoms with Gasteiger partial charge >= 0.3 is 0 Å². The lowest BCUT2D eigenvalue weighted by Crippen LogP contribution is -2.50. The molecule has 2 heterocycles. The highest BCUT2D eigenvalue weighted by atomic mass is 16.5. The van der Waals surface area contributed by atoms with Gasteiger partial charge in [-0.05, 0) is 26.0 Å². The van der Waals surface area contributed by atoms with Gasteiger partial charge in [0.1, 0.15) is 0 Å². The lowest BCUT2D eigenvalue weighted by Gasteiger charge is -2.36. The van der Waals surface area contributed by atoms with Crippen molar-refractivity contribution >= 4 is 5.91 Å². The van der Waals surface area contributed by atoms with Crippen LogP contribution in [-0.2, 0) is 4.74 Å². The van der Waals surface area contributed by atoms with E-state index in [1.165, 1.54) is 6.26 Å². The highest BCUT2D eigenvalue weighted by Gasteiger charge is 2.29. The van der Waals surface area contributed by atoms with Crippen LogP contribution in [-0.4, -0.2) is 36.1 Å². The van der Waals surface area contributed by atoms with Gasteiger partial charge in [-0.2, -0.15) is 0 Å². The first-order valence-corrected chi connectivity index (χ1v) is 5.14. The molecule has 1 amide bonds. The third-order valence-corrected chi connectivity index (χ3v) is 2.60. The molecule has 0 unspecified atom stereocenters. The first-order valence-electron chi connectivity index (χ1n) is 5.14. The van der Waals surface area contributed by atoms with Gasteiger partial charge in [0.25, 0.3) is 5.91 Å². The Bertz CT molecular complexity index is 334. The third kappa shape index (κ3) is 2.04. The molecule has 1 aliphatic heterocycles. The van der Waals surface area contributed by atoms with E-state index in [9.17, 15) is 4.79 Å². The van der Waals surface area contributed by atoms with Crippen LogP contribution in [0, 0.1) is 0 Å². The molecule has 15 heavy (non-hydrogen) atoms. The van der Waals surface area contributed by atoms with Gasteiger partial charge in [-0.25, -0.2) is 0 Å². The van der Waals surface area contributed by atoms with E-state index in [2.05, 4.69) is 0 Å². The number of ether oxygens (including phenoxy) is 1. The Labute approximate surface area is 88.8 Å². The second-order valence-corrected chi connectivity index (χ2v) is 3.93. The van der Waals surface area contributed by atoms with Crippen LogP contribution in [0.25, 0.3) is 0 Å². The van der Waals surface area contributed by atoms with Gasteiger partial charge < -0.3 is 14.1 Å². The van der Waals surface area contributed by atoms with E-state index in [0.717, 1.165) is 0 Å².